The fraction of sp³-hybridized carbons (Fsp3) is 0.175. The van der Waals surface area contributed by atoms with Gasteiger partial charge in [0.1, 0.15) is 0 Å². The Kier molecular flexibility index (Phi) is 8.40. The van der Waals surface area contributed by atoms with Crippen LogP contribution >= 0.6 is 0 Å². The van der Waals surface area contributed by atoms with Crippen molar-refractivity contribution in [1.82, 2.24) is 9.55 Å². The summed E-state index contributed by atoms with van der Waals surface area (Å²) in [5.74, 6) is 1.45. The Bertz CT molecular complexity index is 2020. The van der Waals surface area contributed by atoms with Crippen LogP contribution < -0.4 is 0 Å². The number of furan rings is 1. The molecule has 1 radical (unpaired) electrons. The van der Waals surface area contributed by atoms with Crippen LogP contribution in [0.4, 0.5) is 0 Å². The van der Waals surface area contributed by atoms with Gasteiger partial charge < -0.3 is 8.98 Å². The molecular weight excluding hydrogens is 717 g/mol. The van der Waals surface area contributed by atoms with Crippen molar-refractivity contribution in [3.05, 3.63) is 144 Å². The number of rotatable bonds is 7. The van der Waals surface area contributed by atoms with E-state index in [1.165, 1.54) is 39.1 Å². The SMILES string of the molecule is CC(C)c1cc(-c2ccccc2)cc(C(C)C)c1-n1c(-c2[c-]oc3ccc(Cc4ccccc4)cc23)nc2ccccc21.[Ir]. The van der Waals surface area contributed by atoms with Gasteiger partial charge in [-0.05, 0) is 70.3 Å². The maximum absolute atomic E-state index is 6.05. The molecule has 0 aliphatic carbocycles. The second-order valence-corrected chi connectivity index (χ2v) is 12.0. The first kappa shape index (κ1) is 29.8. The Hall–Kier alpha value is -4.24. The van der Waals surface area contributed by atoms with Gasteiger partial charge in [0.15, 0.2) is 0 Å². The molecule has 2 heterocycles. The van der Waals surface area contributed by atoms with Gasteiger partial charge in [-0.2, -0.15) is 0 Å². The first-order valence-corrected chi connectivity index (χ1v) is 15.2. The first-order valence-electron chi connectivity index (χ1n) is 15.2. The Balaban J connectivity index is 0.00000343. The molecule has 221 valence electrons. The Morgan fingerprint density at radius 3 is 2.00 bits per heavy atom. The summed E-state index contributed by atoms with van der Waals surface area (Å²) in [4.78, 5) is 5.25. The van der Waals surface area contributed by atoms with Crippen LogP contribution in [0.1, 0.15) is 61.8 Å². The van der Waals surface area contributed by atoms with Crippen molar-refractivity contribution in [2.45, 2.75) is 46.0 Å². The van der Waals surface area contributed by atoms with E-state index in [1.54, 1.807) is 0 Å². The minimum Gasteiger partial charge on any atom is -0.557 e. The van der Waals surface area contributed by atoms with Gasteiger partial charge in [0, 0.05) is 37.6 Å². The summed E-state index contributed by atoms with van der Waals surface area (Å²) in [6, 6.07) is 40.9. The van der Waals surface area contributed by atoms with E-state index < -0.39 is 0 Å². The van der Waals surface area contributed by atoms with Crippen LogP contribution in [0.25, 0.3) is 50.2 Å². The van der Waals surface area contributed by atoms with Gasteiger partial charge in [-0.1, -0.05) is 135 Å². The molecule has 0 unspecified atom stereocenters. The topological polar surface area (TPSA) is 31.0 Å². The monoisotopic (exact) mass is 752 g/mol. The predicted molar refractivity (Wildman–Crippen MR) is 178 cm³/mol. The fourth-order valence-corrected chi connectivity index (χ4v) is 6.17. The Morgan fingerprint density at radius 1 is 0.682 bits per heavy atom. The number of hydrogen-bond donors (Lipinski definition) is 0. The molecule has 0 spiro atoms. The molecular formula is C40H35IrN2O-. The minimum absolute atomic E-state index is 0. The van der Waals surface area contributed by atoms with Crippen molar-refractivity contribution in [2.24, 2.45) is 0 Å². The van der Waals surface area contributed by atoms with Crippen LogP contribution in [-0.4, -0.2) is 9.55 Å². The van der Waals surface area contributed by atoms with Crippen molar-refractivity contribution < 1.29 is 24.5 Å². The Labute approximate surface area is 272 Å². The van der Waals surface area contributed by atoms with Gasteiger partial charge in [-0.15, -0.1) is 0 Å². The minimum atomic E-state index is 0. The second-order valence-electron chi connectivity index (χ2n) is 12.0. The molecule has 4 heteroatoms. The second kappa shape index (κ2) is 12.4. The zero-order chi connectivity index (χ0) is 29.5. The zero-order valence-corrected chi connectivity index (χ0v) is 27.9. The van der Waals surface area contributed by atoms with Crippen molar-refractivity contribution >= 4 is 22.0 Å². The van der Waals surface area contributed by atoms with E-state index in [-0.39, 0.29) is 20.1 Å². The smallest absolute Gasteiger partial charge is 0.0774 e. The summed E-state index contributed by atoms with van der Waals surface area (Å²) in [5.41, 5.74) is 12.5. The predicted octanol–water partition coefficient (Wildman–Crippen LogP) is 10.7. The molecule has 0 N–H and O–H groups in total. The quantitative estimate of drug-likeness (QED) is 0.152. The molecule has 7 aromatic rings. The van der Waals surface area contributed by atoms with Crippen molar-refractivity contribution in [2.75, 3.05) is 0 Å². The van der Waals surface area contributed by atoms with Gasteiger partial charge in [-0.25, -0.2) is 0 Å². The van der Waals surface area contributed by atoms with E-state index in [9.17, 15) is 0 Å². The summed E-state index contributed by atoms with van der Waals surface area (Å²) in [7, 11) is 0. The van der Waals surface area contributed by atoms with Crippen LogP contribution in [0, 0.1) is 6.26 Å². The van der Waals surface area contributed by atoms with E-state index in [0.717, 1.165) is 39.8 Å². The van der Waals surface area contributed by atoms with Gasteiger partial charge in [0.25, 0.3) is 0 Å². The van der Waals surface area contributed by atoms with E-state index in [2.05, 4.69) is 154 Å². The number of para-hydroxylation sites is 2. The van der Waals surface area contributed by atoms with E-state index in [4.69, 9.17) is 9.40 Å². The maximum atomic E-state index is 6.05. The van der Waals surface area contributed by atoms with Crippen LogP contribution in [-0.2, 0) is 26.5 Å². The van der Waals surface area contributed by atoms with Crippen molar-refractivity contribution in [3.8, 4) is 28.2 Å². The fourth-order valence-electron chi connectivity index (χ4n) is 6.17. The van der Waals surface area contributed by atoms with Crippen LogP contribution in [0.15, 0.2) is 120 Å². The van der Waals surface area contributed by atoms with Crippen molar-refractivity contribution in [3.63, 3.8) is 0 Å². The Morgan fingerprint density at radius 2 is 1.32 bits per heavy atom. The molecule has 0 bridgehead atoms. The third kappa shape index (κ3) is 5.45. The molecule has 0 fully saturated rings. The molecule has 0 amide bonds. The molecule has 0 saturated heterocycles. The third-order valence-electron chi connectivity index (χ3n) is 8.36. The number of hydrogen-bond acceptors (Lipinski definition) is 2. The van der Waals surface area contributed by atoms with E-state index in [0.29, 0.717) is 11.8 Å². The van der Waals surface area contributed by atoms with Gasteiger partial charge >= 0.3 is 0 Å². The standard InChI is InChI=1S/C40H35N2O.Ir/c1-26(2)32-23-31(30-15-9-6-10-16-30)24-33(27(3)4)39(32)42-37-18-12-11-17-36(37)41-40(42)35-25-43-38-20-19-29(22-34(35)38)21-28-13-7-5-8-14-28;/h5-20,22-24,26-27H,21H2,1-4H3;/q-1;. The average Bonchev–Trinajstić information content (AvgIpc) is 3.62. The normalized spacial score (nSPS) is 11.5. The van der Waals surface area contributed by atoms with Gasteiger partial charge in [0.2, 0.25) is 0 Å². The maximum Gasteiger partial charge on any atom is 0.0774 e. The molecule has 5 aromatic carbocycles. The summed E-state index contributed by atoms with van der Waals surface area (Å²) in [5, 5.41) is 1.03. The first-order chi connectivity index (χ1) is 21.0. The van der Waals surface area contributed by atoms with Crippen LogP contribution in [0.5, 0.6) is 0 Å². The summed E-state index contributed by atoms with van der Waals surface area (Å²) < 4.78 is 8.41. The zero-order valence-electron chi connectivity index (χ0n) is 25.5. The molecule has 0 aliphatic heterocycles. The molecule has 44 heavy (non-hydrogen) atoms. The van der Waals surface area contributed by atoms with E-state index >= 15 is 0 Å². The average molecular weight is 752 g/mol. The largest absolute Gasteiger partial charge is 0.557 e. The van der Waals surface area contributed by atoms with Gasteiger partial charge in [-0.3, -0.25) is 4.98 Å². The molecule has 2 aromatic heterocycles. The summed E-state index contributed by atoms with van der Waals surface area (Å²) in [6.07, 6.45) is 4.12. The number of fused-ring (bicyclic) bond motifs is 2. The molecule has 0 atom stereocenters. The van der Waals surface area contributed by atoms with Crippen LogP contribution in [0.3, 0.4) is 0 Å². The number of aromatic nitrogens is 2. The van der Waals surface area contributed by atoms with Crippen LogP contribution in [0.2, 0.25) is 0 Å². The molecule has 0 saturated carbocycles. The number of nitrogens with zero attached hydrogens (tertiary/aromatic N) is 2. The number of imidazole rings is 1. The third-order valence-corrected chi connectivity index (χ3v) is 8.36. The number of benzene rings is 5. The van der Waals surface area contributed by atoms with E-state index in [1.807, 2.05) is 0 Å². The summed E-state index contributed by atoms with van der Waals surface area (Å²) in [6.45, 7) is 9.13. The molecule has 0 aliphatic rings. The van der Waals surface area contributed by atoms with Gasteiger partial charge in [0.05, 0.1) is 16.9 Å². The van der Waals surface area contributed by atoms with Crippen molar-refractivity contribution in [1.29, 1.82) is 0 Å². The summed E-state index contributed by atoms with van der Waals surface area (Å²) >= 11 is 0. The molecule has 7 rings (SSSR count). The molecule has 3 nitrogen and oxygen atoms in total.